The van der Waals surface area contributed by atoms with Crippen molar-refractivity contribution in [3.63, 3.8) is 0 Å². The number of hydrogen-bond donors (Lipinski definition) is 1. The summed E-state index contributed by atoms with van der Waals surface area (Å²) in [6.45, 7) is 2.16. The van der Waals surface area contributed by atoms with Gasteiger partial charge in [-0.05, 0) is 35.9 Å². The Hall–Kier alpha value is -0.760. The molecule has 0 saturated heterocycles. The largest absolute Gasteiger partial charge is 0.404 e. The minimum atomic E-state index is 1.04. The number of halogens is 1. The quantitative estimate of drug-likeness (QED) is 0.858. The van der Waals surface area contributed by atoms with Crippen LogP contribution < -0.4 is 5.73 Å². The number of hydrogen-bond acceptors (Lipinski definition) is 1. The number of nitrogens with two attached hydrogens (primary N) is 1. The molecule has 1 nitrogen and oxygen atoms in total. The van der Waals surface area contributed by atoms with Gasteiger partial charge in [0.25, 0.3) is 0 Å². The second-order valence-electron chi connectivity index (χ2n) is 2.95. The lowest BCUT2D eigenvalue weighted by atomic mass is 10.0. The van der Waals surface area contributed by atoms with Gasteiger partial charge >= 0.3 is 0 Å². The summed E-state index contributed by atoms with van der Waals surface area (Å²) >= 11 is 3.40. The highest BCUT2D eigenvalue weighted by Gasteiger charge is 1.98. The van der Waals surface area contributed by atoms with E-state index in [-0.39, 0.29) is 0 Å². The molecule has 0 atom stereocenters. The van der Waals surface area contributed by atoms with E-state index >= 15 is 0 Å². The van der Waals surface area contributed by atoms with Crippen LogP contribution in [-0.4, -0.2) is 0 Å². The molecule has 1 aromatic rings. The highest BCUT2D eigenvalue weighted by molar-refractivity contribution is 9.10. The fraction of sp³-hybridized carbons (Fsp3) is 0.273. The molecule has 1 aromatic carbocycles. The molecule has 0 aromatic heterocycles. The van der Waals surface area contributed by atoms with Crippen LogP contribution in [0.2, 0.25) is 0 Å². The Morgan fingerprint density at radius 2 is 2.00 bits per heavy atom. The van der Waals surface area contributed by atoms with Crippen LogP contribution in [0.5, 0.6) is 0 Å². The molecular weight excluding hydrogens is 226 g/mol. The third kappa shape index (κ3) is 2.88. The van der Waals surface area contributed by atoms with Crippen LogP contribution in [0.15, 0.2) is 34.9 Å². The van der Waals surface area contributed by atoms with Crippen molar-refractivity contribution in [1.82, 2.24) is 0 Å². The van der Waals surface area contributed by atoms with Crippen LogP contribution in [0.1, 0.15) is 25.3 Å². The average molecular weight is 240 g/mol. The molecule has 0 spiro atoms. The zero-order valence-corrected chi connectivity index (χ0v) is 9.34. The van der Waals surface area contributed by atoms with Crippen LogP contribution in [0.25, 0.3) is 5.57 Å². The van der Waals surface area contributed by atoms with Gasteiger partial charge in [0.05, 0.1) is 0 Å². The number of benzene rings is 1. The first kappa shape index (κ1) is 10.3. The maximum atomic E-state index is 5.56. The molecule has 1 rings (SSSR count). The van der Waals surface area contributed by atoms with Crippen molar-refractivity contribution < 1.29 is 0 Å². The van der Waals surface area contributed by atoms with Gasteiger partial charge in [-0.2, -0.15) is 0 Å². The second-order valence-corrected chi connectivity index (χ2v) is 3.86. The van der Waals surface area contributed by atoms with Crippen LogP contribution in [0, 0.1) is 0 Å². The van der Waals surface area contributed by atoms with Gasteiger partial charge in [-0.25, -0.2) is 0 Å². The van der Waals surface area contributed by atoms with E-state index in [0.29, 0.717) is 0 Å². The molecule has 0 unspecified atom stereocenters. The molecule has 0 saturated carbocycles. The van der Waals surface area contributed by atoms with Crippen LogP contribution in [0.3, 0.4) is 0 Å². The number of allylic oxidation sites excluding steroid dienone is 1. The molecular formula is C11H14BrN. The Kier molecular flexibility index (Phi) is 4.03. The smallest absolute Gasteiger partial charge is 0.0175 e. The van der Waals surface area contributed by atoms with Gasteiger partial charge < -0.3 is 5.73 Å². The normalized spacial score (nSPS) is 11.7. The minimum Gasteiger partial charge on any atom is -0.404 e. The van der Waals surface area contributed by atoms with Crippen molar-refractivity contribution >= 4 is 21.5 Å². The lowest BCUT2D eigenvalue weighted by molar-refractivity contribution is 0.971. The molecule has 0 heterocycles. The first-order valence-electron chi connectivity index (χ1n) is 4.44. The van der Waals surface area contributed by atoms with Gasteiger partial charge in [-0.15, -0.1) is 0 Å². The van der Waals surface area contributed by atoms with Gasteiger partial charge in [0.1, 0.15) is 0 Å². The van der Waals surface area contributed by atoms with E-state index in [4.69, 9.17) is 5.73 Å². The Morgan fingerprint density at radius 1 is 1.38 bits per heavy atom. The van der Waals surface area contributed by atoms with E-state index in [9.17, 15) is 0 Å². The van der Waals surface area contributed by atoms with Crippen molar-refractivity contribution in [1.29, 1.82) is 0 Å². The van der Waals surface area contributed by atoms with Crippen molar-refractivity contribution in [2.24, 2.45) is 5.73 Å². The summed E-state index contributed by atoms with van der Waals surface area (Å²) in [6, 6.07) is 8.24. The Bertz CT molecular complexity index is 287. The molecule has 0 radical (unpaired) electrons. The molecule has 2 N–H and O–H groups in total. The fourth-order valence-corrected chi connectivity index (χ4v) is 1.52. The van der Waals surface area contributed by atoms with Gasteiger partial charge in [-0.3, -0.25) is 0 Å². The predicted molar refractivity (Wildman–Crippen MR) is 61.2 cm³/mol. The Labute approximate surface area is 87.8 Å². The van der Waals surface area contributed by atoms with Crippen molar-refractivity contribution in [3.8, 4) is 0 Å². The molecule has 13 heavy (non-hydrogen) atoms. The van der Waals surface area contributed by atoms with Crippen LogP contribution >= 0.6 is 15.9 Å². The lowest BCUT2D eigenvalue weighted by Crippen LogP contribution is -1.89. The standard InChI is InChI=1S/C11H14BrN/c1-2-3-10(8-13)9-4-6-11(12)7-5-9/h4-8H,2-3,13H2,1H3. The highest BCUT2D eigenvalue weighted by Crippen LogP contribution is 2.20. The van der Waals surface area contributed by atoms with E-state index in [1.807, 2.05) is 12.1 Å². The SMILES string of the molecule is CCCC(=CN)c1ccc(Br)cc1. The maximum Gasteiger partial charge on any atom is 0.0175 e. The monoisotopic (exact) mass is 239 g/mol. The van der Waals surface area contributed by atoms with E-state index < -0.39 is 0 Å². The predicted octanol–water partition coefficient (Wildman–Crippen LogP) is 3.55. The average Bonchev–Trinajstić information content (AvgIpc) is 2.16. The molecule has 70 valence electrons. The first-order valence-corrected chi connectivity index (χ1v) is 5.24. The molecule has 2 heteroatoms. The van der Waals surface area contributed by atoms with E-state index in [0.717, 1.165) is 17.3 Å². The molecule has 0 aliphatic heterocycles. The van der Waals surface area contributed by atoms with Gasteiger partial charge in [0.2, 0.25) is 0 Å². The fourth-order valence-electron chi connectivity index (χ4n) is 1.26. The molecule has 0 fully saturated rings. The van der Waals surface area contributed by atoms with E-state index in [1.54, 1.807) is 6.20 Å². The first-order chi connectivity index (χ1) is 6.27. The zero-order valence-electron chi connectivity index (χ0n) is 7.76. The molecule has 0 bridgehead atoms. The van der Waals surface area contributed by atoms with Gasteiger partial charge in [0.15, 0.2) is 0 Å². The van der Waals surface area contributed by atoms with E-state index in [1.165, 1.54) is 11.1 Å². The van der Waals surface area contributed by atoms with Crippen molar-refractivity contribution in [3.05, 3.63) is 40.5 Å². The minimum absolute atomic E-state index is 1.04. The number of rotatable bonds is 3. The summed E-state index contributed by atoms with van der Waals surface area (Å²) in [5.41, 5.74) is 7.99. The lowest BCUT2D eigenvalue weighted by Gasteiger charge is -2.04. The zero-order chi connectivity index (χ0) is 9.68. The maximum absolute atomic E-state index is 5.56. The third-order valence-electron chi connectivity index (χ3n) is 1.94. The highest BCUT2D eigenvalue weighted by atomic mass is 79.9. The summed E-state index contributed by atoms with van der Waals surface area (Å²) in [5, 5.41) is 0. The Morgan fingerprint density at radius 3 is 2.46 bits per heavy atom. The summed E-state index contributed by atoms with van der Waals surface area (Å²) in [7, 11) is 0. The summed E-state index contributed by atoms with van der Waals surface area (Å²) in [5.74, 6) is 0. The third-order valence-corrected chi connectivity index (χ3v) is 2.46. The van der Waals surface area contributed by atoms with Crippen LogP contribution in [0.4, 0.5) is 0 Å². The van der Waals surface area contributed by atoms with Gasteiger partial charge in [0, 0.05) is 4.47 Å². The van der Waals surface area contributed by atoms with Gasteiger partial charge in [-0.1, -0.05) is 41.4 Å². The summed E-state index contributed by atoms with van der Waals surface area (Å²) in [4.78, 5) is 0. The molecule has 0 amide bonds. The Balaban J connectivity index is 2.87. The van der Waals surface area contributed by atoms with Crippen LogP contribution in [-0.2, 0) is 0 Å². The van der Waals surface area contributed by atoms with E-state index in [2.05, 4.69) is 35.0 Å². The molecule has 0 aliphatic rings. The van der Waals surface area contributed by atoms with Crippen molar-refractivity contribution in [2.45, 2.75) is 19.8 Å². The second kappa shape index (κ2) is 5.07. The molecule has 0 aliphatic carbocycles. The summed E-state index contributed by atoms with van der Waals surface area (Å²) < 4.78 is 1.10. The summed E-state index contributed by atoms with van der Waals surface area (Å²) in [6.07, 6.45) is 3.87. The topological polar surface area (TPSA) is 26.0 Å². The van der Waals surface area contributed by atoms with Crippen molar-refractivity contribution in [2.75, 3.05) is 0 Å².